The van der Waals surface area contributed by atoms with Crippen molar-refractivity contribution in [3.63, 3.8) is 0 Å². The van der Waals surface area contributed by atoms with Gasteiger partial charge in [0.15, 0.2) is 5.65 Å². The van der Waals surface area contributed by atoms with Gasteiger partial charge in [-0.1, -0.05) is 57.2 Å². The van der Waals surface area contributed by atoms with Gasteiger partial charge >= 0.3 is 6.03 Å². The lowest BCUT2D eigenvalue weighted by Gasteiger charge is -2.32. The average molecular weight is 713 g/mol. The number of urea groups is 1. The second-order valence-electron chi connectivity index (χ2n) is 14.5. The summed E-state index contributed by atoms with van der Waals surface area (Å²) in [7, 11) is -3.61. The fraction of sp³-hybridized carbons (Fsp3) is 0.405. The van der Waals surface area contributed by atoms with Crippen LogP contribution in [0.1, 0.15) is 87.9 Å². The van der Waals surface area contributed by atoms with Crippen molar-refractivity contribution in [2.75, 3.05) is 23.0 Å². The highest BCUT2D eigenvalue weighted by atomic mass is 32.2. The fourth-order valence-corrected chi connectivity index (χ4v) is 7.19. The van der Waals surface area contributed by atoms with Gasteiger partial charge in [-0.3, -0.25) is 13.9 Å². The van der Waals surface area contributed by atoms with Crippen LogP contribution < -0.4 is 20.3 Å². The first kappa shape index (κ1) is 34.5. The Morgan fingerprint density at radius 2 is 1.78 bits per heavy atom. The summed E-state index contributed by atoms with van der Waals surface area (Å²) in [6, 6.07) is 20.8. The van der Waals surface area contributed by atoms with Gasteiger partial charge in [-0.25, -0.2) is 9.48 Å². The monoisotopic (exact) mass is 712 g/mol. The molecule has 1 fully saturated rings. The third-order valence-corrected chi connectivity index (χ3v) is 10.0. The molecule has 0 bridgehead atoms. The van der Waals surface area contributed by atoms with Gasteiger partial charge in [0.25, 0.3) is 10.1 Å². The van der Waals surface area contributed by atoms with E-state index in [0.717, 1.165) is 59.8 Å². The molecule has 2 N–H and O–H groups in total. The largest absolute Gasteiger partial charge is 0.484 e. The first-order chi connectivity index (χ1) is 24.3. The van der Waals surface area contributed by atoms with Crippen molar-refractivity contribution >= 4 is 33.6 Å². The molecule has 14 heteroatoms. The third kappa shape index (κ3) is 7.57. The van der Waals surface area contributed by atoms with Crippen molar-refractivity contribution in [2.24, 2.45) is 0 Å². The summed E-state index contributed by atoms with van der Waals surface area (Å²) < 4.78 is 38.4. The highest BCUT2D eigenvalue weighted by Gasteiger charge is 2.31. The molecule has 0 saturated carbocycles. The highest BCUT2D eigenvalue weighted by molar-refractivity contribution is 7.85. The van der Waals surface area contributed by atoms with Crippen LogP contribution in [0.15, 0.2) is 72.9 Å². The number of anilines is 2. The number of amides is 2. The van der Waals surface area contributed by atoms with E-state index in [0.29, 0.717) is 36.0 Å². The Bertz CT molecular complexity index is 2170. The molecule has 1 aliphatic carbocycles. The van der Waals surface area contributed by atoms with Crippen molar-refractivity contribution in [3.05, 3.63) is 95.3 Å². The summed E-state index contributed by atoms with van der Waals surface area (Å²) in [5.41, 5.74) is 4.61. The average Bonchev–Trinajstić information content (AvgIpc) is 3.83. The standard InChI is InChI=1S/C37H44N8O5S/c1-24-10-9-19-43(24)36-41-40-33-18-15-27(22-44(33)36)50-31-17-16-30(28-13-6-7-14-29(28)31)38-35(46)39-34-21-32(37(2,3)4)42-45(34)26-12-8-11-25(20-26)23-49-51(5,47)48/h6-8,11-15,18,20-22,24,30-31H,9-10,16-17,19,23H2,1-5H3,(H2,38,39,46)/t24?,30-,31+/m0/s1. The number of aromatic nitrogens is 5. The van der Waals surface area contributed by atoms with Crippen LogP contribution in [-0.4, -0.2) is 57.7 Å². The van der Waals surface area contributed by atoms with Crippen molar-refractivity contribution in [2.45, 2.75) is 83.6 Å². The van der Waals surface area contributed by atoms with Gasteiger partial charge < -0.3 is 15.0 Å². The number of fused-ring (bicyclic) bond motifs is 2. The van der Waals surface area contributed by atoms with Crippen LogP contribution in [0.4, 0.5) is 16.6 Å². The van der Waals surface area contributed by atoms with Crippen LogP contribution >= 0.6 is 0 Å². The summed E-state index contributed by atoms with van der Waals surface area (Å²) in [5, 5.41) is 19.9. The zero-order valence-corrected chi connectivity index (χ0v) is 30.4. The van der Waals surface area contributed by atoms with Crippen molar-refractivity contribution < 1.29 is 22.1 Å². The number of nitrogens with zero attached hydrogens (tertiary/aromatic N) is 6. The van der Waals surface area contributed by atoms with Crippen molar-refractivity contribution in [3.8, 4) is 11.4 Å². The molecule has 2 aliphatic rings. The molecule has 3 atom stereocenters. The number of carbonyl (C=O) groups excluding carboxylic acids is 1. The van der Waals surface area contributed by atoms with Crippen LogP contribution in [-0.2, 0) is 26.3 Å². The van der Waals surface area contributed by atoms with Gasteiger partial charge in [0, 0.05) is 24.1 Å². The Balaban J connectivity index is 1.08. The molecule has 51 heavy (non-hydrogen) atoms. The SMILES string of the molecule is CC1CCCN1c1nnc2ccc(O[C@@H]3CC[C@H](NC(=O)Nc4cc(C(C)(C)C)nn4-c4cccc(COS(C)(=O)=O)c4)c4ccccc43)cn12. The van der Waals surface area contributed by atoms with E-state index >= 15 is 0 Å². The number of nitrogens with one attached hydrogen (secondary N) is 2. The highest BCUT2D eigenvalue weighted by Crippen LogP contribution is 2.39. The summed E-state index contributed by atoms with van der Waals surface area (Å²) in [6.45, 7) is 9.22. The number of ether oxygens (including phenoxy) is 1. The second kappa shape index (κ2) is 13.6. The molecule has 7 rings (SSSR count). The molecule has 1 saturated heterocycles. The summed E-state index contributed by atoms with van der Waals surface area (Å²) in [5.74, 6) is 2.05. The van der Waals surface area contributed by atoms with E-state index in [4.69, 9.17) is 14.0 Å². The van der Waals surface area contributed by atoms with Crippen LogP contribution in [0.3, 0.4) is 0 Å². The van der Waals surface area contributed by atoms with E-state index in [9.17, 15) is 13.2 Å². The van der Waals surface area contributed by atoms with Crippen LogP contribution in [0.25, 0.3) is 11.3 Å². The number of pyridine rings is 1. The Labute approximate surface area is 298 Å². The topological polar surface area (TPSA) is 145 Å². The van der Waals surface area contributed by atoms with Gasteiger partial charge in [0.2, 0.25) is 5.95 Å². The predicted octanol–water partition coefficient (Wildman–Crippen LogP) is 6.45. The number of benzene rings is 2. The van der Waals surface area contributed by atoms with Gasteiger partial charge in [-0.15, -0.1) is 10.2 Å². The molecule has 5 aromatic rings. The quantitative estimate of drug-likeness (QED) is 0.165. The van der Waals surface area contributed by atoms with Gasteiger partial charge in [-0.05, 0) is 73.6 Å². The van der Waals surface area contributed by atoms with E-state index in [1.165, 1.54) is 0 Å². The molecule has 0 radical (unpaired) electrons. The molecule has 2 amide bonds. The zero-order valence-electron chi connectivity index (χ0n) is 29.5. The van der Waals surface area contributed by atoms with Crippen molar-refractivity contribution in [1.82, 2.24) is 29.7 Å². The summed E-state index contributed by atoms with van der Waals surface area (Å²) in [6.07, 6.45) is 6.45. The van der Waals surface area contributed by atoms with E-state index in [2.05, 4.69) is 59.5 Å². The minimum Gasteiger partial charge on any atom is -0.484 e. The first-order valence-electron chi connectivity index (χ1n) is 17.3. The van der Waals surface area contributed by atoms with Crippen molar-refractivity contribution in [1.29, 1.82) is 0 Å². The predicted molar refractivity (Wildman–Crippen MR) is 195 cm³/mol. The molecule has 2 aromatic carbocycles. The van der Waals surface area contributed by atoms with E-state index in [1.807, 2.05) is 53.1 Å². The first-order valence-corrected chi connectivity index (χ1v) is 19.1. The molecule has 3 aromatic heterocycles. The second-order valence-corrected chi connectivity index (χ2v) is 16.1. The number of hydrogen-bond donors (Lipinski definition) is 2. The lowest BCUT2D eigenvalue weighted by Crippen LogP contribution is -2.36. The Kier molecular flexibility index (Phi) is 9.23. The normalized spacial score (nSPS) is 19.2. The Morgan fingerprint density at radius 1 is 0.980 bits per heavy atom. The maximum absolute atomic E-state index is 13.6. The fourth-order valence-electron chi connectivity index (χ4n) is 6.84. The van der Waals surface area contributed by atoms with Gasteiger partial charge in [-0.2, -0.15) is 13.5 Å². The smallest absolute Gasteiger partial charge is 0.320 e. The molecule has 4 heterocycles. The van der Waals surface area contributed by atoms with E-state index in [1.54, 1.807) is 22.9 Å². The Morgan fingerprint density at radius 3 is 2.53 bits per heavy atom. The lowest BCUT2D eigenvalue weighted by molar-refractivity contribution is 0.171. The zero-order chi connectivity index (χ0) is 35.9. The maximum atomic E-state index is 13.6. The van der Waals surface area contributed by atoms with Crippen LogP contribution in [0.2, 0.25) is 0 Å². The maximum Gasteiger partial charge on any atom is 0.320 e. The molecule has 268 valence electrons. The van der Waals surface area contributed by atoms with Crippen LogP contribution in [0, 0.1) is 0 Å². The van der Waals surface area contributed by atoms with Gasteiger partial charge in [0.05, 0.1) is 36.5 Å². The lowest BCUT2D eigenvalue weighted by atomic mass is 9.85. The van der Waals surface area contributed by atoms with E-state index < -0.39 is 10.1 Å². The summed E-state index contributed by atoms with van der Waals surface area (Å²) >= 11 is 0. The minimum absolute atomic E-state index is 0.108. The molecular weight excluding hydrogens is 669 g/mol. The third-order valence-electron chi connectivity index (χ3n) is 9.50. The molecule has 1 aliphatic heterocycles. The van der Waals surface area contributed by atoms with Crippen LogP contribution in [0.5, 0.6) is 5.75 Å². The van der Waals surface area contributed by atoms with Gasteiger partial charge in [0.1, 0.15) is 17.7 Å². The summed E-state index contributed by atoms with van der Waals surface area (Å²) in [4.78, 5) is 15.9. The number of rotatable bonds is 9. The Hall–Kier alpha value is -4.95. The molecular formula is C37H44N8O5S. The minimum atomic E-state index is -3.61. The number of carbonyl (C=O) groups is 1. The molecule has 1 unspecified atom stereocenters. The molecule has 0 spiro atoms. The number of hydrogen-bond acceptors (Lipinski definition) is 9. The molecule has 13 nitrogen and oxygen atoms in total. The van der Waals surface area contributed by atoms with E-state index in [-0.39, 0.29) is 30.2 Å².